The topological polar surface area (TPSA) is 67.5 Å². The maximum atomic E-state index is 11.5. The minimum Gasteiger partial charge on any atom is -0.444 e. The first kappa shape index (κ1) is 11.5. The van der Waals surface area contributed by atoms with Crippen molar-refractivity contribution < 1.29 is 9.21 Å². The van der Waals surface area contributed by atoms with Crippen molar-refractivity contribution in [3.8, 4) is 0 Å². The van der Waals surface area contributed by atoms with E-state index in [1.54, 1.807) is 30.6 Å². The Morgan fingerprint density at radius 1 is 1.47 bits per heavy atom. The Bertz CT molecular complexity index is 537. The second kappa shape index (κ2) is 5.40. The maximum Gasteiger partial charge on any atom is 0.307 e. The Morgan fingerprint density at radius 2 is 2.35 bits per heavy atom. The van der Waals surface area contributed by atoms with Crippen molar-refractivity contribution in [3.05, 3.63) is 52.7 Å². The summed E-state index contributed by atoms with van der Waals surface area (Å²) in [6.45, 7) is 0. The average molecular weight is 294 g/mol. The first-order valence-electron chi connectivity index (χ1n) is 4.74. The van der Waals surface area contributed by atoms with E-state index >= 15 is 0 Å². The zero-order chi connectivity index (χ0) is 12.1. The van der Waals surface area contributed by atoms with Gasteiger partial charge in [0.15, 0.2) is 10.4 Å². The molecule has 2 aromatic heterocycles. The SMILES string of the molecule is O=C(N/N=C\c1cccnc1)c1ccc(Br)o1. The first-order valence-corrected chi connectivity index (χ1v) is 5.54. The number of rotatable bonds is 3. The number of halogens is 1. The van der Waals surface area contributed by atoms with E-state index < -0.39 is 5.91 Å². The highest BCUT2D eigenvalue weighted by molar-refractivity contribution is 9.10. The van der Waals surface area contributed by atoms with Gasteiger partial charge in [-0.25, -0.2) is 5.43 Å². The molecule has 5 nitrogen and oxygen atoms in total. The lowest BCUT2D eigenvalue weighted by Gasteiger charge is -1.94. The monoisotopic (exact) mass is 293 g/mol. The molecular weight excluding hydrogens is 286 g/mol. The molecule has 0 bridgehead atoms. The largest absolute Gasteiger partial charge is 0.444 e. The maximum absolute atomic E-state index is 11.5. The lowest BCUT2D eigenvalue weighted by atomic mass is 10.3. The fourth-order valence-corrected chi connectivity index (χ4v) is 1.42. The molecule has 0 aliphatic heterocycles. The number of furan rings is 1. The predicted octanol–water partition coefficient (Wildman–Crippen LogP) is 2.20. The Labute approximate surface area is 106 Å². The summed E-state index contributed by atoms with van der Waals surface area (Å²) in [7, 11) is 0. The van der Waals surface area contributed by atoms with Crippen molar-refractivity contribution in [2.75, 3.05) is 0 Å². The Hall–Kier alpha value is -1.95. The van der Waals surface area contributed by atoms with Crippen molar-refractivity contribution in [3.63, 3.8) is 0 Å². The van der Waals surface area contributed by atoms with Gasteiger partial charge in [0.1, 0.15) is 0 Å². The molecule has 0 aromatic carbocycles. The number of carbonyl (C=O) groups is 1. The van der Waals surface area contributed by atoms with Crippen LogP contribution in [0.25, 0.3) is 0 Å². The highest BCUT2D eigenvalue weighted by atomic mass is 79.9. The van der Waals surface area contributed by atoms with Gasteiger partial charge in [-0.15, -0.1) is 0 Å². The molecule has 2 rings (SSSR count). The van der Waals surface area contributed by atoms with Gasteiger partial charge in [0.05, 0.1) is 6.21 Å². The second-order valence-corrected chi connectivity index (χ2v) is 3.87. The normalized spacial score (nSPS) is 10.6. The van der Waals surface area contributed by atoms with E-state index in [2.05, 4.69) is 31.4 Å². The van der Waals surface area contributed by atoms with Crippen molar-refractivity contribution in [1.29, 1.82) is 0 Å². The molecule has 0 spiro atoms. The minimum atomic E-state index is -0.407. The van der Waals surface area contributed by atoms with E-state index in [0.717, 1.165) is 5.56 Å². The van der Waals surface area contributed by atoms with E-state index in [1.807, 2.05) is 6.07 Å². The van der Waals surface area contributed by atoms with Gasteiger partial charge in [0.25, 0.3) is 0 Å². The van der Waals surface area contributed by atoms with Crippen molar-refractivity contribution in [1.82, 2.24) is 10.4 Å². The van der Waals surface area contributed by atoms with Gasteiger partial charge >= 0.3 is 5.91 Å². The molecule has 1 amide bonds. The lowest BCUT2D eigenvalue weighted by Crippen LogP contribution is -2.16. The molecule has 17 heavy (non-hydrogen) atoms. The number of hydrazone groups is 1. The highest BCUT2D eigenvalue weighted by Crippen LogP contribution is 2.13. The van der Waals surface area contributed by atoms with Crippen LogP contribution >= 0.6 is 15.9 Å². The van der Waals surface area contributed by atoms with Crippen LogP contribution in [0.1, 0.15) is 16.1 Å². The third-order valence-corrected chi connectivity index (χ3v) is 2.29. The van der Waals surface area contributed by atoms with Crippen LogP contribution < -0.4 is 5.43 Å². The summed E-state index contributed by atoms with van der Waals surface area (Å²) in [4.78, 5) is 15.4. The summed E-state index contributed by atoms with van der Waals surface area (Å²) in [5.74, 6) is -0.212. The molecule has 0 unspecified atom stereocenters. The predicted molar refractivity (Wildman–Crippen MR) is 65.7 cm³/mol. The van der Waals surface area contributed by atoms with Gasteiger partial charge in [0, 0.05) is 18.0 Å². The molecule has 2 aromatic rings. The Morgan fingerprint density at radius 3 is 3.00 bits per heavy atom. The molecule has 1 N–H and O–H groups in total. The lowest BCUT2D eigenvalue weighted by molar-refractivity contribution is 0.0926. The van der Waals surface area contributed by atoms with E-state index in [1.165, 1.54) is 6.21 Å². The number of nitrogens with one attached hydrogen (secondary N) is 1. The summed E-state index contributed by atoms with van der Waals surface area (Å²) in [6.07, 6.45) is 4.80. The van der Waals surface area contributed by atoms with Gasteiger partial charge in [-0.05, 0) is 34.1 Å². The van der Waals surface area contributed by atoms with Crippen LogP contribution in [0.15, 0.2) is 50.8 Å². The van der Waals surface area contributed by atoms with E-state index in [0.29, 0.717) is 4.67 Å². The van der Waals surface area contributed by atoms with Gasteiger partial charge in [0.2, 0.25) is 0 Å². The summed E-state index contributed by atoms with van der Waals surface area (Å²) in [5, 5.41) is 3.79. The number of nitrogens with zero attached hydrogens (tertiary/aromatic N) is 2. The van der Waals surface area contributed by atoms with Crippen molar-refractivity contribution in [2.45, 2.75) is 0 Å². The standard InChI is InChI=1S/C11H8BrN3O2/c12-10-4-3-9(17-10)11(16)15-14-7-8-2-1-5-13-6-8/h1-7H,(H,15,16)/b14-7-. The second-order valence-electron chi connectivity index (χ2n) is 3.09. The smallest absolute Gasteiger partial charge is 0.307 e. The van der Waals surface area contributed by atoms with Crippen LogP contribution in [0.4, 0.5) is 0 Å². The van der Waals surface area contributed by atoms with E-state index in [-0.39, 0.29) is 5.76 Å². The number of amides is 1. The number of carbonyl (C=O) groups excluding carboxylic acids is 1. The fraction of sp³-hybridized carbons (Fsp3) is 0. The Balaban J connectivity index is 1.95. The zero-order valence-corrected chi connectivity index (χ0v) is 10.2. The number of aromatic nitrogens is 1. The third-order valence-electron chi connectivity index (χ3n) is 1.86. The number of hydrogen-bond acceptors (Lipinski definition) is 4. The van der Waals surface area contributed by atoms with Crippen molar-refractivity contribution >= 4 is 28.1 Å². The Kier molecular flexibility index (Phi) is 3.66. The van der Waals surface area contributed by atoms with E-state index in [4.69, 9.17) is 4.42 Å². The van der Waals surface area contributed by atoms with Crippen LogP contribution in [-0.2, 0) is 0 Å². The minimum absolute atomic E-state index is 0.195. The van der Waals surface area contributed by atoms with Crippen molar-refractivity contribution in [2.24, 2.45) is 5.10 Å². The van der Waals surface area contributed by atoms with E-state index in [9.17, 15) is 4.79 Å². The van der Waals surface area contributed by atoms with Crippen LogP contribution in [0.5, 0.6) is 0 Å². The molecule has 0 atom stereocenters. The zero-order valence-electron chi connectivity index (χ0n) is 8.63. The summed E-state index contributed by atoms with van der Waals surface area (Å²) in [5.41, 5.74) is 3.15. The van der Waals surface area contributed by atoms with Crippen LogP contribution in [0.3, 0.4) is 0 Å². The molecule has 2 heterocycles. The van der Waals surface area contributed by atoms with Gasteiger partial charge in [-0.1, -0.05) is 6.07 Å². The van der Waals surface area contributed by atoms with Gasteiger partial charge in [-0.2, -0.15) is 5.10 Å². The first-order chi connectivity index (χ1) is 8.25. The quantitative estimate of drug-likeness (QED) is 0.697. The van der Waals surface area contributed by atoms with Crippen LogP contribution in [0, 0.1) is 0 Å². The fourth-order valence-electron chi connectivity index (χ4n) is 1.11. The number of hydrogen-bond donors (Lipinski definition) is 1. The van der Waals surface area contributed by atoms with Crippen LogP contribution in [-0.4, -0.2) is 17.1 Å². The highest BCUT2D eigenvalue weighted by Gasteiger charge is 2.08. The molecule has 0 saturated carbocycles. The average Bonchev–Trinajstić information content (AvgIpc) is 2.77. The molecule has 0 aliphatic rings. The molecule has 0 fully saturated rings. The molecule has 0 radical (unpaired) electrons. The molecular formula is C11H8BrN3O2. The summed E-state index contributed by atoms with van der Waals surface area (Å²) in [6, 6.07) is 6.80. The molecule has 0 aliphatic carbocycles. The van der Waals surface area contributed by atoms with Gasteiger partial charge < -0.3 is 4.42 Å². The third kappa shape index (κ3) is 3.25. The molecule has 0 saturated heterocycles. The molecule has 86 valence electrons. The summed E-state index contributed by atoms with van der Waals surface area (Å²) >= 11 is 3.11. The van der Waals surface area contributed by atoms with Crippen LogP contribution in [0.2, 0.25) is 0 Å². The van der Waals surface area contributed by atoms with Gasteiger partial charge in [-0.3, -0.25) is 9.78 Å². The number of pyridine rings is 1. The molecule has 6 heteroatoms. The summed E-state index contributed by atoms with van der Waals surface area (Å²) < 4.78 is 5.57.